The zero-order chi connectivity index (χ0) is 19.9. The van der Waals surface area contributed by atoms with E-state index in [-0.39, 0.29) is 23.6 Å². The van der Waals surface area contributed by atoms with Crippen molar-refractivity contribution in [2.24, 2.45) is 16.5 Å². The molecule has 142 valence electrons. The highest BCUT2D eigenvalue weighted by Gasteiger charge is 2.28. The van der Waals surface area contributed by atoms with Crippen molar-refractivity contribution in [2.45, 2.75) is 38.6 Å². The van der Waals surface area contributed by atoms with Crippen LogP contribution in [0.25, 0.3) is 0 Å². The molecule has 0 saturated carbocycles. The quantitative estimate of drug-likeness (QED) is 0.580. The van der Waals surface area contributed by atoms with Crippen molar-refractivity contribution in [3.63, 3.8) is 0 Å². The van der Waals surface area contributed by atoms with E-state index in [0.717, 1.165) is 6.07 Å². The first-order valence-corrected chi connectivity index (χ1v) is 8.31. The summed E-state index contributed by atoms with van der Waals surface area (Å²) in [5.74, 6) is -2.56. The number of carbonyl (C=O) groups excluding carboxylic acids is 3. The van der Waals surface area contributed by atoms with Gasteiger partial charge in [-0.1, -0.05) is 17.7 Å². The van der Waals surface area contributed by atoms with Crippen LogP contribution in [0.2, 0.25) is 5.02 Å². The van der Waals surface area contributed by atoms with Crippen molar-refractivity contribution in [3.05, 3.63) is 34.6 Å². The third kappa shape index (κ3) is 6.53. The highest BCUT2D eigenvalue weighted by Crippen LogP contribution is 2.18. The molecule has 0 spiro atoms. The van der Waals surface area contributed by atoms with Gasteiger partial charge in [-0.2, -0.15) is 0 Å². The number of rotatable bonds is 8. The first kappa shape index (κ1) is 21.7. The van der Waals surface area contributed by atoms with Gasteiger partial charge in [0.1, 0.15) is 17.1 Å². The van der Waals surface area contributed by atoms with Crippen molar-refractivity contribution in [2.75, 3.05) is 6.54 Å². The molecule has 0 radical (unpaired) electrons. The second-order valence-electron chi connectivity index (χ2n) is 6.20. The van der Waals surface area contributed by atoms with Gasteiger partial charge in [0.2, 0.25) is 5.91 Å². The summed E-state index contributed by atoms with van der Waals surface area (Å²) in [4.78, 5) is 39.7. The minimum absolute atomic E-state index is 0.0620. The third-order valence-corrected chi connectivity index (χ3v) is 3.89. The predicted molar refractivity (Wildman–Crippen MR) is 97.3 cm³/mol. The lowest BCUT2D eigenvalue weighted by atomic mass is 10.0. The number of primary amides is 1. The Bertz CT molecular complexity index is 735. The Morgan fingerprint density at radius 3 is 2.50 bits per heavy atom. The van der Waals surface area contributed by atoms with E-state index in [1.807, 2.05) is 0 Å². The molecule has 1 rings (SSSR count). The van der Waals surface area contributed by atoms with Crippen LogP contribution in [0.1, 0.15) is 32.3 Å². The number of nitrogens with one attached hydrogen (secondary N) is 1. The number of nitrogens with two attached hydrogens (primary N) is 2. The molecular formula is C17H22ClFN4O3. The molecule has 1 aromatic rings. The number of hydrogen-bond donors (Lipinski definition) is 3. The first-order valence-electron chi connectivity index (χ1n) is 7.93. The molecule has 0 bridgehead atoms. The Hall–Kier alpha value is -2.32. The minimum Gasteiger partial charge on any atom is -0.368 e. The molecule has 0 aliphatic rings. The highest BCUT2D eigenvalue weighted by molar-refractivity contribution is 6.41. The molecule has 0 saturated heterocycles. The number of aliphatic imine (C=N–C) groups is 1. The number of nitrogens with zero attached hydrogens (tertiary/aromatic N) is 1. The lowest BCUT2D eigenvalue weighted by molar-refractivity contribution is -0.127. The second-order valence-corrected chi connectivity index (χ2v) is 6.61. The monoisotopic (exact) mass is 384 g/mol. The molecule has 26 heavy (non-hydrogen) atoms. The van der Waals surface area contributed by atoms with E-state index in [9.17, 15) is 18.8 Å². The molecule has 0 aliphatic carbocycles. The van der Waals surface area contributed by atoms with Crippen LogP contribution in [-0.4, -0.2) is 35.5 Å². The molecule has 0 fully saturated rings. The standard InChI is InChI=1S/C17H22ClFN4O3/c1-17(2,16(21)26)23-15(25)13(4-3-7-20)22-14(24)8-10-5-6-11(19)9-12(10)18/h5-6,9H,3-4,7-8,20H2,1-2H3,(H2,21,26)(H,23,25)/b22-13+. The van der Waals surface area contributed by atoms with Gasteiger partial charge in [0.05, 0.1) is 6.42 Å². The van der Waals surface area contributed by atoms with Crippen molar-refractivity contribution in [1.82, 2.24) is 5.32 Å². The summed E-state index contributed by atoms with van der Waals surface area (Å²) in [5.41, 5.74) is 9.69. The molecule has 5 N–H and O–H groups in total. The summed E-state index contributed by atoms with van der Waals surface area (Å²) in [7, 11) is 0. The fraction of sp³-hybridized carbons (Fsp3) is 0.412. The van der Waals surface area contributed by atoms with Crippen LogP contribution in [0.4, 0.5) is 4.39 Å². The number of amides is 3. The number of carbonyl (C=O) groups is 3. The first-order chi connectivity index (χ1) is 12.1. The van der Waals surface area contributed by atoms with Crippen LogP contribution in [0.15, 0.2) is 23.2 Å². The number of benzene rings is 1. The SMILES string of the molecule is CC(C)(NC(=O)/C(CCCN)=N/C(=O)Cc1ccc(F)cc1Cl)C(N)=O. The summed E-state index contributed by atoms with van der Waals surface area (Å²) < 4.78 is 13.1. The molecule has 0 aliphatic heterocycles. The second kappa shape index (κ2) is 9.40. The minimum atomic E-state index is -1.30. The largest absolute Gasteiger partial charge is 0.368 e. The van der Waals surface area contributed by atoms with Crippen LogP contribution in [0.5, 0.6) is 0 Å². The van der Waals surface area contributed by atoms with Crippen LogP contribution in [0, 0.1) is 5.82 Å². The molecule has 0 atom stereocenters. The van der Waals surface area contributed by atoms with Crippen LogP contribution >= 0.6 is 11.6 Å². The van der Waals surface area contributed by atoms with Crippen molar-refractivity contribution in [1.29, 1.82) is 0 Å². The number of halogens is 2. The zero-order valence-corrected chi connectivity index (χ0v) is 15.4. The van der Waals surface area contributed by atoms with E-state index >= 15 is 0 Å². The lowest BCUT2D eigenvalue weighted by Gasteiger charge is -2.22. The normalized spacial score (nSPS) is 12.0. The molecule has 0 heterocycles. The third-order valence-electron chi connectivity index (χ3n) is 3.54. The van der Waals surface area contributed by atoms with E-state index in [1.165, 1.54) is 26.0 Å². The molecule has 9 heteroatoms. The molecule has 0 unspecified atom stereocenters. The van der Waals surface area contributed by atoms with E-state index in [2.05, 4.69) is 10.3 Å². The van der Waals surface area contributed by atoms with E-state index in [0.29, 0.717) is 18.5 Å². The van der Waals surface area contributed by atoms with Gasteiger partial charge >= 0.3 is 0 Å². The van der Waals surface area contributed by atoms with Gasteiger partial charge in [-0.15, -0.1) is 0 Å². The molecule has 0 aromatic heterocycles. The average molecular weight is 385 g/mol. The van der Waals surface area contributed by atoms with Crippen LogP contribution in [0.3, 0.4) is 0 Å². The van der Waals surface area contributed by atoms with Crippen LogP contribution < -0.4 is 16.8 Å². The summed E-state index contributed by atoms with van der Waals surface area (Å²) >= 11 is 5.89. The Kier molecular flexibility index (Phi) is 7.85. The number of hydrogen-bond acceptors (Lipinski definition) is 4. The van der Waals surface area contributed by atoms with Gasteiger partial charge in [0.25, 0.3) is 11.8 Å². The highest BCUT2D eigenvalue weighted by atomic mass is 35.5. The Morgan fingerprint density at radius 2 is 1.96 bits per heavy atom. The van der Waals surface area contributed by atoms with Gasteiger partial charge < -0.3 is 16.8 Å². The summed E-state index contributed by atoms with van der Waals surface area (Å²) in [6, 6.07) is 3.64. The summed E-state index contributed by atoms with van der Waals surface area (Å²) in [6.07, 6.45) is 0.381. The van der Waals surface area contributed by atoms with Gasteiger partial charge in [0, 0.05) is 5.02 Å². The lowest BCUT2D eigenvalue weighted by Crippen LogP contribution is -2.54. The molecular weight excluding hydrogens is 363 g/mol. The van der Waals surface area contributed by atoms with Gasteiger partial charge in [0.15, 0.2) is 0 Å². The maximum Gasteiger partial charge on any atom is 0.266 e. The van der Waals surface area contributed by atoms with Gasteiger partial charge in [-0.25, -0.2) is 9.38 Å². The zero-order valence-electron chi connectivity index (χ0n) is 14.6. The maximum absolute atomic E-state index is 13.1. The van der Waals surface area contributed by atoms with E-state index in [1.54, 1.807) is 0 Å². The van der Waals surface area contributed by atoms with E-state index < -0.39 is 29.1 Å². The molecule has 1 aromatic carbocycles. The summed E-state index contributed by atoms with van der Waals surface area (Å²) in [6.45, 7) is 3.17. The Labute approximate surface area is 156 Å². The van der Waals surface area contributed by atoms with Crippen molar-refractivity contribution >= 4 is 35.0 Å². The summed E-state index contributed by atoms with van der Waals surface area (Å²) in [5, 5.41) is 2.53. The van der Waals surface area contributed by atoms with Crippen molar-refractivity contribution in [3.8, 4) is 0 Å². The fourth-order valence-electron chi connectivity index (χ4n) is 1.93. The van der Waals surface area contributed by atoms with Gasteiger partial charge in [-0.3, -0.25) is 14.4 Å². The maximum atomic E-state index is 13.1. The Balaban J connectivity index is 2.97. The van der Waals surface area contributed by atoms with Gasteiger partial charge in [-0.05, 0) is 50.9 Å². The molecule has 3 amide bonds. The Morgan fingerprint density at radius 1 is 1.31 bits per heavy atom. The van der Waals surface area contributed by atoms with Crippen LogP contribution in [-0.2, 0) is 20.8 Å². The predicted octanol–water partition coefficient (Wildman–Crippen LogP) is 1.11. The van der Waals surface area contributed by atoms with E-state index in [4.69, 9.17) is 23.1 Å². The van der Waals surface area contributed by atoms with Crippen molar-refractivity contribution < 1.29 is 18.8 Å². The smallest absolute Gasteiger partial charge is 0.266 e. The topological polar surface area (TPSA) is 128 Å². The molecule has 7 nitrogen and oxygen atoms in total. The fourth-order valence-corrected chi connectivity index (χ4v) is 2.16. The average Bonchev–Trinajstić information content (AvgIpc) is 2.53.